The van der Waals surface area contributed by atoms with Crippen molar-refractivity contribution < 1.29 is 24.2 Å². The van der Waals surface area contributed by atoms with Gasteiger partial charge in [0, 0.05) is 25.7 Å². The molecule has 26 heavy (non-hydrogen) atoms. The first-order valence-corrected chi connectivity index (χ1v) is 8.28. The first-order valence-electron chi connectivity index (χ1n) is 8.28. The second-order valence-electron chi connectivity index (χ2n) is 5.79. The first-order chi connectivity index (χ1) is 12.5. The summed E-state index contributed by atoms with van der Waals surface area (Å²) in [5, 5.41) is 14.6. The Morgan fingerprint density at radius 3 is 2.77 bits per heavy atom. The summed E-state index contributed by atoms with van der Waals surface area (Å²) in [5.74, 6) is -1.00. The van der Waals surface area contributed by atoms with Crippen LogP contribution in [-0.4, -0.2) is 61.6 Å². The van der Waals surface area contributed by atoms with Crippen molar-refractivity contribution in [2.24, 2.45) is 0 Å². The van der Waals surface area contributed by atoms with Gasteiger partial charge in [-0.15, -0.1) is 0 Å². The Bertz CT molecular complexity index is 729. The number of carbonyl (C=O) groups excluding carboxylic acids is 3. The fraction of sp³-hybridized carbons (Fsp3) is 0.389. The van der Waals surface area contributed by atoms with Gasteiger partial charge in [-0.2, -0.15) is 0 Å². The molecular weight excluding hydrogens is 338 g/mol. The van der Waals surface area contributed by atoms with E-state index in [4.69, 9.17) is 9.84 Å². The smallest absolute Gasteiger partial charge is 0.337 e. The van der Waals surface area contributed by atoms with Crippen LogP contribution >= 0.6 is 0 Å². The van der Waals surface area contributed by atoms with Crippen molar-refractivity contribution in [2.45, 2.75) is 12.8 Å². The zero-order valence-corrected chi connectivity index (χ0v) is 14.9. The van der Waals surface area contributed by atoms with Crippen molar-refractivity contribution in [3.8, 4) is 0 Å². The van der Waals surface area contributed by atoms with Gasteiger partial charge in [0.25, 0.3) is 5.91 Å². The van der Waals surface area contributed by atoms with Crippen LogP contribution in [0.25, 0.3) is 0 Å². The van der Waals surface area contributed by atoms with Crippen LogP contribution in [0, 0.1) is 0 Å². The Morgan fingerprint density at radius 2 is 2.12 bits per heavy atom. The number of esters is 1. The van der Waals surface area contributed by atoms with E-state index in [9.17, 15) is 14.4 Å². The topological polar surface area (TPSA) is 108 Å². The van der Waals surface area contributed by atoms with Crippen LogP contribution < -0.4 is 10.6 Å². The Hall–Kier alpha value is -2.87. The van der Waals surface area contributed by atoms with E-state index in [2.05, 4.69) is 10.6 Å². The summed E-state index contributed by atoms with van der Waals surface area (Å²) in [7, 11) is 2.84. The maximum absolute atomic E-state index is 12.5. The SMILES string of the molecule is CNC(=O)CCc1cccc(NC2=C(C(=O)OC)CN(CCO)C2=O)c1. The van der Waals surface area contributed by atoms with Gasteiger partial charge in [-0.3, -0.25) is 9.59 Å². The molecule has 0 aromatic heterocycles. The lowest BCUT2D eigenvalue weighted by Gasteiger charge is -2.15. The Kier molecular flexibility index (Phi) is 6.74. The number of aryl methyl sites for hydroxylation is 1. The van der Waals surface area contributed by atoms with Gasteiger partial charge >= 0.3 is 5.97 Å². The molecular formula is C18H23N3O5. The van der Waals surface area contributed by atoms with Crippen LogP contribution in [-0.2, 0) is 25.5 Å². The predicted octanol–water partition coefficient (Wildman–Crippen LogP) is 0.0387. The van der Waals surface area contributed by atoms with Crippen LogP contribution in [0.3, 0.4) is 0 Å². The third kappa shape index (κ3) is 4.60. The van der Waals surface area contributed by atoms with Gasteiger partial charge < -0.3 is 25.4 Å². The third-order valence-corrected chi connectivity index (χ3v) is 4.07. The Labute approximate surface area is 151 Å². The molecule has 2 rings (SSSR count). The van der Waals surface area contributed by atoms with Gasteiger partial charge in [0.1, 0.15) is 5.70 Å². The predicted molar refractivity (Wildman–Crippen MR) is 95.2 cm³/mol. The molecule has 0 spiro atoms. The van der Waals surface area contributed by atoms with Crippen molar-refractivity contribution in [2.75, 3.05) is 39.2 Å². The number of aliphatic hydroxyl groups is 1. The molecule has 0 saturated heterocycles. The van der Waals surface area contributed by atoms with E-state index in [1.54, 1.807) is 13.1 Å². The monoisotopic (exact) mass is 361 g/mol. The van der Waals surface area contributed by atoms with Crippen LogP contribution in [0.5, 0.6) is 0 Å². The van der Waals surface area contributed by atoms with Crippen molar-refractivity contribution in [3.05, 3.63) is 41.1 Å². The third-order valence-electron chi connectivity index (χ3n) is 4.07. The second-order valence-corrected chi connectivity index (χ2v) is 5.79. The van der Waals surface area contributed by atoms with Gasteiger partial charge in [-0.05, 0) is 24.1 Å². The molecule has 1 aromatic rings. The standard InChI is InChI=1S/C18H23N3O5/c1-19-15(23)7-6-12-4-3-5-13(10-12)20-16-14(18(25)26-2)11-21(8-9-22)17(16)24/h3-5,10,20,22H,6-9,11H2,1-2H3,(H,19,23). The summed E-state index contributed by atoms with van der Waals surface area (Å²) in [6.45, 7) is 0.0316. The molecule has 1 aliphatic heterocycles. The highest BCUT2D eigenvalue weighted by Crippen LogP contribution is 2.23. The van der Waals surface area contributed by atoms with Crippen molar-refractivity contribution in [1.29, 1.82) is 0 Å². The summed E-state index contributed by atoms with van der Waals surface area (Å²) in [6, 6.07) is 7.29. The quantitative estimate of drug-likeness (QED) is 0.564. The van der Waals surface area contributed by atoms with Gasteiger partial charge in [0.2, 0.25) is 5.91 Å². The highest BCUT2D eigenvalue weighted by Gasteiger charge is 2.34. The number of hydrogen-bond acceptors (Lipinski definition) is 6. The summed E-state index contributed by atoms with van der Waals surface area (Å²) in [4.78, 5) is 37.2. The highest BCUT2D eigenvalue weighted by molar-refractivity contribution is 6.08. The maximum Gasteiger partial charge on any atom is 0.337 e. The number of amides is 2. The van der Waals surface area contributed by atoms with Gasteiger partial charge in [-0.1, -0.05) is 12.1 Å². The molecule has 0 unspecified atom stereocenters. The molecule has 3 N–H and O–H groups in total. The van der Waals surface area contributed by atoms with E-state index in [-0.39, 0.29) is 42.8 Å². The zero-order valence-electron chi connectivity index (χ0n) is 14.9. The normalized spacial score (nSPS) is 13.8. The lowest BCUT2D eigenvalue weighted by atomic mass is 10.1. The minimum Gasteiger partial charge on any atom is -0.466 e. The molecule has 0 aliphatic carbocycles. The zero-order chi connectivity index (χ0) is 19.1. The Morgan fingerprint density at radius 1 is 1.35 bits per heavy atom. The van der Waals surface area contributed by atoms with E-state index in [1.807, 2.05) is 18.2 Å². The van der Waals surface area contributed by atoms with E-state index in [1.165, 1.54) is 12.0 Å². The summed E-state index contributed by atoms with van der Waals surface area (Å²) in [6.07, 6.45) is 0.919. The van der Waals surface area contributed by atoms with Crippen LogP contribution in [0.4, 0.5) is 5.69 Å². The fourth-order valence-corrected chi connectivity index (χ4v) is 2.68. The molecule has 1 heterocycles. The number of aliphatic hydroxyl groups excluding tert-OH is 1. The molecule has 0 saturated carbocycles. The molecule has 0 radical (unpaired) electrons. The van der Waals surface area contributed by atoms with E-state index in [0.29, 0.717) is 18.5 Å². The largest absolute Gasteiger partial charge is 0.466 e. The first kappa shape index (κ1) is 19.5. The number of β-amino-alcohol motifs (C(OH)–C–C–N with tert-alkyl or cyclic N) is 1. The van der Waals surface area contributed by atoms with E-state index < -0.39 is 5.97 Å². The number of ether oxygens (including phenoxy) is 1. The number of hydrogen-bond donors (Lipinski definition) is 3. The summed E-state index contributed by atoms with van der Waals surface area (Å²) < 4.78 is 4.76. The summed E-state index contributed by atoms with van der Waals surface area (Å²) in [5.41, 5.74) is 1.93. The molecule has 0 atom stereocenters. The molecule has 1 aromatic carbocycles. The number of anilines is 1. The number of nitrogens with zero attached hydrogens (tertiary/aromatic N) is 1. The number of benzene rings is 1. The number of methoxy groups -OCH3 is 1. The highest BCUT2D eigenvalue weighted by atomic mass is 16.5. The fourth-order valence-electron chi connectivity index (χ4n) is 2.68. The average molecular weight is 361 g/mol. The van der Waals surface area contributed by atoms with Crippen LogP contribution in [0.1, 0.15) is 12.0 Å². The Balaban J connectivity index is 2.19. The number of carbonyl (C=O) groups is 3. The van der Waals surface area contributed by atoms with E-state index in [0.717, 1.165) is 5.56 Å². The molecule has 8 heteroatoms. The summed E-state index contributed by atoms with van der Waals surface area (Å²) >= 11 is 0. The van der Waals surface area contributed by atoms with Gasteiger partial charge in [-0.25, -0.2) is 4.79 Å². The van der Waals surface area contributed by atoms with Crippen LogP contribution in [0.15, 0.2) is 35.5 Å². The molecule has 1 aliphatic rings. The van der Waals surface area contributed by atoms with Crippen LogP contribution in [0.2, 0.25) is 0 Å². The van der Waals surface area contributed by atoms with Gasteiger partial charge in [0.05, 0.1) is 25.8 Å². The van der Waals surface area contributed by atoms with Crippen molar-refractivity contribution >= 4 is 23.5 Å². The van der Waals surface area contributed by atoms with Gasteiger partial charge in [0.15, 0.2) is 0 Å². The van der Waals surface area contributed by atoms with Crippen molar-refractivity contribution in [3.63, 3.8) is 0 Å². The molecule has 0 bridgehead atoms. The second kappa shape index (κ2) is 9.00. The number of rotatable bonds is 8. The molecule has 2 amide bonds. The maximum atomic E-state index is 12.5. The minimum atomic E-state index is -0.586. The molecule has 0 fully saturated rings. The van der Waals surface area contributed by atoms with Crippen molar-refractivity contribution in [1.82, 2.24) is 10.2 Å². The molecule has 8 nitrogen and oxygen atoms in total. The lowest BCUT2D eigenvalue weighted by molar-refractivity contribution is -0.136. The minimum absolute atomic E-state index is 0.0512. The molecule has 140 valence electrons. The lowest BCUT2D eigenvalue weighted by Crippen LogP contribution is -2.31. The average Bonchev–Trinajstić information content (AvgIpc) is 2.96. The number of nitrogens with one attached hydrogen (secondary N) is 2. The van der Waals surface area contributed by atoms with E-state index >= 15 is 0 Å².